The molecule has 0 spiro atoms. The minimum Gasteiger partial charge on any atom is -0.382 e. The molecule has 0 radical (unpaired) electrons. The lowest BCUT2D eigenvalue weighted by Gasteiger charge is -2.27. The van der Waals surface area contributed by atoms with Crippen molar-refractivity contribution < 1.29 is 4.74 Å². The maximum atomic E-state index is 6.12. The van der Waals surface area contributed by atoms with Gasteiger partial charge < -0.3 is 15.8 Å². The fraction of sp³-hybridized carbons (Fsp3) is 0.944. The number of aliphatic imine (C=N–C) groups is 1. The summed E-state index contributed by atoms with van der Waals surface area (Å²) < 4.78 is 5.57. The summed E-state index contributed by atoms with van der Waals surface area (Å²) in [6.07, 6.45) is 8.87. The predicted octanol–water partition coefficient (Wildman–Crippen LogP) is 2.36. The minimum atomic E-state index is 0.324. The molecule has 1 unspecified atom stereocenters. The van der Waals surface area contributed by atoms with Crippen LogP contribution >= 0.6 is 0 Å². The first-order chi connectivity index (χ1) is 11.2. The van der Waals surface area contributed by atoms with Gasteiger partial charge in [0.15, 0.2) is 5.96 Å². The molecular weight excluding hydrogens is 288 g/mol. The summed E-state index contributed by atoms with van der Waals surface area (Å²) >= 11 is 0. The monoisotopic (exact) mass is 324 g/mol. The molecule has 2 rings (SSSR count). The number of nitrogens with two attached hydrogens (primary N) is 1. The summed E-state index contributed by atoms with van der Waals surface area (Å²) in [5, 5.41) is 3.35. The van der Waals surface area contributed by atoms with Crippen LogP contribution in [-0.2, 0) is 4.74 Å². The second-order valence-corrected chi connectivity index (χ2v) is 7.16. The molecule has 134 valence electrons. The lowest BCUT2D eigenvalue weighted by molar-refractivity contribution is 0.107. The molecule has 0 bridgehead atoms. The van der Waals surface area contributed by atoms with Gasteiger partial charge in [-0.1, -0.05) is 19.8 Å². The number of likely N-dealkylation sites (tertiary alicyclic amines) is 1. The van der Waals surface area contributed by atoms with Crippen molar-refractivity contribution in [3.05, 3.63) is 0 Å². The highest BCUT2D eigenvalue weighted by Crippen LogP contribution is 2.41. The van der Waals surface area contributed by atoms with Gasteiger partial charge in [0.25, 0.3) is 0 Å². The lowest BCUT2D eigenvalue weighted by Crippen LogP contribution is -2.43. The van der Waals surface area contributed by atoms with Gasteiger partial charge in [0, 0.05) is 32.3 Å². The normalized spacial score (nSPS) is 25.1. The van der Waals surface area contributed by atoms with E-state index in [4.69, 9.17) is 10.5 Å². The number of nitrogens with zero attached hydrogens (tertiary/aromatic N) is 2. The molecule has 1 atom stereocenters. The fourth-order valence-electron chi connectivity index (χ4n) is 4.12. The fourth-order valence-corrected chi connectivity index (χ4v) is 4.12. The Balaban J connectivity index is 1.77. The third kappa shape index (κ3) is 5.64. The van der Waals surface area contributed by atoms with Crippen LogP contribution < -0.4 is 11.1 Å². The second-order valence-electron chi connectivity index (χ2n) is 7.16. The SMILES string of the molecule is CCOCCC1(CN=C(N)NCC2CCCN2CC)CCCC1. The van der Waals surface area contributed by atoms with Gasteiger partial charge >= 0.3 is 0 Å². The highest BCUT2D eigenvalue weighted by molar-refractivity contribution is 5.77. The van der Waals surface area contributed by atoms with E-state index in [2.05, 4.69) is 29.1 Å². The number of guanidine groups is 1. The topological polar surface area (TPSA) is 62.9 Å². The van der Waals surface area contributed by atoms with Crippen molar-refractivity contribution in [2.45, 2.75) is 64.8 Å². The van der Waals surface area contributed by atoms with Crippen LogP contribution in [0.1, 0.15) is 58.8 Å². The molecule has 5 nitrogen and oxygen atoms in total. The van der Waals surface area contributed by atoms with Gasteiger partial charge in [-0.15, -0.1) is 0 Å². The van der Waals surface area contributed by atoms with E-state index in [0.29, 0.717) is 17.4 Å². The second kappa shape index (κ2) is 9.48. The predicted molar refractivity (Wildman–Crippen MR) is 96.8 cm³/mol. The molecule has 3 N–H and O–H groups in total. The smallest absolute Gasteiger partial charge is 0.188 e. The maximum Gasteiger partial charge on any atom is 0.188 e. The minimum absolute atomic E-state index is 0.324. The number of nitrogens with one attached hydrogen (secondary N) is 1. The first kappa shape index (κ1) is 18.5. The van der Waals surface area contributed by atoms with Crippen LogP contribution in [0.4, 0.5) is 0 Å². The Morgan fingerprint density at radius 2 is 2.09 bits per heavy atom. The number of likely N-dealkylation sites (N-methyl/N-ethyl adjacent to an activating group) is 1. The Hall–Kier alpha value is -0.810. The van der Waals surface area contributed by atoms with Crippen molar-refractivity contribution in [3.8, 4) is 0 Å². The van der Waals surface area contributed by atoms with Crippen LogP contribution in [-0.4, -0.2) is 56.3 Å². The average molecular weight is 325 g/mol. The summed E-state index contributed by atoms with van der Waals surface area (Å²) in [6.45, 7) is 10.1. The molecular formula is C18H36N4O. The van der Waals surface area contributed by atoms with Crippen molar-refractivity contribution in [2.75, 3.05) is 39.4 Å². The zero-order chi connectivity index (χ0) is 16.5. The van der Waals surface area contributed by atoms with E-state index < -0.39 is 0 Å². The van der Waals surface area contributed by atoms with Gasteiger partial charge in [0.2, 0.25) is 0 Å². The van der Waals surface area contributed by atoms with E-state index in [-0.39, 0.29) is 0 Å². The first-order valence-electron chi connectivity index (χ1n) is 9.54. The van der Waals surface area contributed by atoms with E-state index in [0.717, 1.165) is 39.3 Å². The Labute approximate surface area is 142 Å². The Kier molecular flexibility index (Phi) is 7.63. The molecule has 1 heterocycles. The molecule has 2 aliphatic rings. The Bertz CT molecular complexity index is 366. The van der Waals surface area contributed by atoms with Gasteiger partial charge in [0.1, 0.15) is 0 Å². The Morgan fingerprint density at radius 1 is 1.30 bits per heavy atom. The van der Waals surface area contributed by atoms with Crippen LogP contribution in [0.2, 0.25) is 0 Å². The van der Waals surface area contributed by atoms with Crippen molar-refractivity contribution in [2.24, 2.45) is 16.1 Å². The van der Waals surface area contributed by atoms with Crippen molar-refractivity contribution >= 4 is 5.96 Å². The molecule has 1 aliphatic heterocycles. The molecule has 1 saturated carbocycles. The van der Waals surface area contributed by atoms with Crippen molar-refractivity contribution in [1.29, 1.82) is 0 Å². The van der Waals surface area contributed by atoms with E-state index in [1.165, 1.54) is 45.1 Å². The molecule has 1 aliphatic carbocycles. The van der Waals surface area contributed by atoms with Crippen LogP contribution in [0.15, 0.2) is 4.99 Å². The quantitative estimate of drug-likeness (QED) is 0.388. The highest BCUT2D eigenvalue weighted by Gasteiger charge is 2.33. The van der Waals surface area contributed by atoms with Crippen LogP contribution in [0.5, 0.6) is 0 Å². The van der Waals surface area contributed by atoms with E-state index in [9.17, 15) is 0 Å². The standard InChI is InChI=1S/C18H36N4O/c1-3-22-12-7-8-16(22)14-20-17(19)21-15-18(9-5-6-10-18)11-13-23-4-2/h16H,3-15H2,1-2H3,(H3,19,20,21). The van der Waals surface area contributed by atoms with Crippen molar-refractivity contribution in [1.82, 2.24) is 10.2 Å². The maximum absolute atomic E-state index is 6.12. The van der Waals surface area contributed by atoms with Gasteiger partial charge in [-0.25, -0.2) is 0 Å². The molecule has 0 aromatic carbocycles. The summed E-state index contributed by atoms with van der Waals surface area (Å²) in [5.41, 5.74) is 6.44. The summed E-state index contributed by atoms with van der Waals surface area (Å²) in [5.74, 6) is 0.621. The van der Waals surface area contributed by atoms with Crippen LogP contribution in [0.3, 0.4) is 0 Å². The number of hydrogen-bond donors (Lipinski definition) is 2. The third-order valence-electron chi connectivity index (χ3n) is 5.65. The summed E-state index contributed by atoms with van der Waals surface area (Å²) in [6, 6.07) is 0.618. The summed E-state index contributed by atoms with van der Waals surface area (Å²) in [7, 11) is 0. The van der Waals surface area contributed by atoms with E-state index in [1.807, 2.05) is 0 Å². The van der Waals surface area contributed by atoms with Gasteiger partial charge in [0.05, 0.1) is 0 Å². The van der Waals surface area contributed by atoms with Gasteiger partial charge in [-0.3, -0.25) is 9.89 Å². The van der Waals surface area contributed by atoms with E-state index in [1.54, 1.807) is 0 Å². The van der Waals surface area contributed by atoms with Crippen LogP contribution in [0, 0.1) is 5.41 Å². The first-order valence-corrected chi connectivity index (χ1v) is 9.54. The lowest BCUT2D eigenvalue weighted by atomic mass is 9.83. The summed E-state index contributed by atoms with van der Waals surface area (Å²) in [4.78, 5) is 7.21. The van der Waals surface area contributed by atoms with Gasteiger partial charge in [-0.2, -0.15) is 0 Å². The van der Waals surface area contributed by atoms with Gasteiger partial charge in [-0.05, 0) is 57.5 Å². The highest BCUT2D eigenvalue weighted by atomic mass is 16.5. The van der Waals surface area contributed by atoms with Crippen LogP contribution in [0.25, 0.3) is 0 Å². The Morgan fingerprint density at radius 3 is 2.78 bits per heavy atom. The zero-order valence-electron chi connectivity index (χ0n) is 15.1. The largest absolute Gasteiger partial charge is 0.382 e. The molecule has 5 heteroatoms. The molecule has 23 heavy (non-hydrogen) atoms. The number of hydrogen-bond acceptors (Lipinski definition) is 3. The number of rotatable bonds is 9. The molecule has 0 aromatic heterocycles. The average Bonchev–Trinajstić information content (AvgIpc) is 3.21. The van der Waals surface area contributed by atoms with E-state index >= 15 is 0 Å². The molecule has 0 aromatic rings. The molecule has 0 amide bonds. The molecule has 2 fully saturated rings. The van der Waals surface area contributed by atoms with Crippen molar-refractivity contribution in [3.63, 3.8) is 0 Å². The third-order valence-corrected chi connectivity index (χ3v) is 5.65. The zero-order valence-corrected chi connectivity index (χ0v) is 15.1. The number of ether oxygens (including phenoxy) is 1. The molecule has 1 saturated heterocycles.